The summed E-state index contributed by atoms with van der Waals surface area (Å²) in [6.45, 7) is 5.26. The minimum Gasteiger partial charge on any atom is -0.454 e. The topological polar surface area (TPSA) is 35.8 Å². The van der Waals surface area contributed by atoms with Gasteiger partial charge in [-0.2, -0.15) is 0 Å². The fourth-order valence-electron chi connectivity index (χ4n) is 2.71. The van der Waals surface area contributed by atoms with Crippen molar-refractivity contribution in [2.45, 2.75) is 20.4 Å². The maximum atomic E-state index is 5.48. The zero-order chi connectivity index (χ0) is 16.5. The van der Waals surface area contributed by atoms with Crippen molar-refractivity contribution in [3.8, 4) is 11.5 Å². The molecule has 2 aromatic carbocycles. The number of rotatable bonds is 3. The van der Waals surface area contributed by atoms with Crippen LogP contribution in [0.25, 0.3) is 0 Å². The molecule has 0 radical (unpaired) electrons. The predicted molar refractivity (Wildman–Crippen MR) is 95.1 cm³/mol. The van der Waals surface area contributed by atoms with Crippen molar-refractivity contribution in [1.82, 2.24) is 4.57 Å². The van der Waals surface area contributed by atoms with E-state index < -0.39 is 0 Å². The Labute approximate surface area is 144 Å². The summed E-state index contributed by atoms with van der Waals surface area (Å²) in [6.07, 6.45) is 0. The molecule has 0 atom stereocenters. The SMILES string of the molecule is Cc1ccccc1N=c1scc(C)n1Cc1ccc2c(c1)OCO2. The number of aromatic nitrogens is 1. The fraction of sp³-hybridized carbons (Fsp3) is 0.211. The first-order chi connectivity index (χ1) is 11.7. The molecular weight excluding hydrogens is 320 g/mol. The third kappa shape index (κ3) is 2.83. The number of fused-ring (bicyclic) bond motifs is 1. The van der Waals surface area contributed by atoms with Gasteiger partial charge in [0.1, 0.15) is 0 Å². The highest BCUT2D eigenvalue weighted by molar-refractivity contribution is 7.07. The van der Waals surface area contributed by atoms with Crippen molar-refractivity contribution in [1.29, 1.82) is 0 Å². The van der Waals surface area contributed by atoms with Gasteiger partial charge in [-0.1, -0.05) is 24.3 Å². The van der Waals surface area contributed by atoms with Crippen LogP contribution < -0.4 is 14.3 Å². The van der Waals surface area contributed by atoms with Gasteiger partial charge in [0.25, 0.3) is 0 Å². The van der Waals surface area contributed by atoms with Crippen LogP contribution in [-0.4, -0.2) is 11.4 Å². The van der Waals surface area contributed by atoms with Crippen molar-refractivity contribution in [3.05, 3.63) is 69.5 Å². The summed E-state index contributed by atoms with van der Waals surface area (Å²) in [5.74, 6) is 1.63. The number of ether oxygens (including phenoxy) is 2. The standard InChI is InChI=1S/C19H18N2O2S/c1-13-5-3-4-6-16(13)20-19-21(14(2)11-24-19)10-15-7-8-17-18(9-15)23-12-22-17/h3-9,11H,10,12H2,1-2H3. The van der Waals surface area contributed by atoms with Gasteiger partial charge >= 0.3 is 0 Å². The lowest BCUT2D eigenvalue weighted by atomic mass is 10.2. The van der Waals surface area contributed by atoms with Gasteiger partial charge < -0.3 is 14.0 Å². The molecule has 0 spiro atoms. The Morgan fingerprint density at radius 1 is 1.08 bits per heavy atom. The smallest absolute Gasteiger partial charge is 0.231 e. The van der Waals surface area contributed by atoms with Crippen LogP contribution in [0.5, 0.6) is 11.5 Å². The van der Waals surface area contributed by atoms with Crippen LogP contribution in [-0.2, 0) is 6.54 Å². The minimum atomic E-state index is 0.303. The Bertz CT molecular complexity index is 956. The molecule has 3 aromatic rings. The first kappa shape index (κ1) is 15.0. The first-order valence-electron chi connectivity index (χ1n) is 7.84. The number of thiazole rings is 1. The van der Waals surface area contributed by atoms with Crippen LogP contribution in [0, 0.1) is 13.8 Å². The molecular formula is C19H18N2O2S. The van der Waals surface area contributed by atoms with E-state index in [9.17, 15) is 0 Å². The van der Waals surface area contributed by atoms with Crippen molar-refractivity contribution in [2.24, 2.45) is 4.99 Å². The fourth-order valence-corrected chi connectivity index (χ4v) is 3.60. The van der Waals surface area contributed by atoms with E-state index in [0.717, 1.165) is 28.5 Å². The molecule has 122 valence electrons. The number of hydrogen-bond acceptors (Lipinski definition) is 4. The Hall–Kier alpha value is -2.53. The van der Waals surface area contributed by atoms with Gasteiger partial charge in [0.05, 0.1) is 12.2 Å². The molecule has 1 aliphatic heterocycles. The zero-order valence-electron chi connectivity index (χ0n) is 13.7. The molecule has 4 rings (SSSR count). The predicted octanol–water partition coefficient (Wildman–Crippen LogP) is 4.18. The maximum absolute atomic E-state index is 5.48. The number of aryl methyl sites for hydroxylation is 2. The van der Waals surface area contributed by atoms with Crippen molar-refractivity contribution in [2.75, 3.05) is 6.79 Å². The first-order valence-corrected chi connectivity index (χ1v) is 8.72. The molecule has 2 heterocycles. The van der Waals surface area contributed by atoms with Gasteiger partial charge in [0.15, 0.2) is 16.3 Å². The molecule has 0 amide bonds. The minimum absolute atomic E-state index is 0.303. The zero-order valence-corrected chi connectivity index (χ0v) is 14.5. The Balaban J connectivity index is 1.72. The number of nitrogens with zero attached hydrogens (tertiary/aromatic N) is 2. The highest BCUT2D eigenvalue weighted by Gasteiger charge is 2.14. The molecule has 4 nitrogen and oxygen atoms in total. The van der Waals surface area contributed by atoms with E-state index in [1.54, 1.807) is 11.3 Å². The molecule has 0 N–H and O–H groups in total. The van der Waals surface area contributed by atoms with Crippen LogP contribution in [0.3, 0.4) is 0 Å². The van der Waals surface area contributed by atoms with Gasteiger partial charge in [-0.05, 0) is 43.2 Å². The molecule has 24 heavy (non-hydrogen) atoms. The Morgan fingerprint density at radius 3 is 2.79 bits per heavy atom. The maximum Gasteiger partial charge on any atom is 0.231 e. The summed E-state index contributed by atoms with van der Waals surface area (Å²) in [7, 11) is 0. The summed E-state index contributed by atoms with van der Waals surface area (Å²) < 4.78 is 13.1. The van der Waals surface area contributed by atoms with E-state index in [2.05, 4.69) is 42.0 Å². The van der Waals surface area contributed by atoms with Crippen LogP contribution in [0.2, 0.25) is 0 Å². The van der Waals surface area contributed by atoms with Crippen molar-refractivity contribution < 1.29 is 9.47 Å². The van der Waals surface area contributed by atoms with Crippen LogP contribution >= 0.6 is 11.3 Å². The molecule has 0 saturated carbocycles. The van der Waals surface area contributed by atoms with Crippen molar-refractivity contribution >= 4 is 17.0 Å². The lowest BCUT2D eigenvalue weighted by Crippen LogP contribution is -2.16. The van der Waals surface area contributed by atoms with Crippen LogP contribution in [0.15, 0.2) is 52.8 Å². The van der Waals surface area contributed by atoms with Gasteiger partial charge in [-0.15, -0.1) is 11.3 Å². The molecule has 0 fully saturated rings. The quantitative estimate of drug-likeness (QED) is 0.718. The monoisotopic (exact) mass is 338 g/mol. The molecule has 0 saturated heterocycles. The summed E-state index contributed by atoms with van der Waals surface area (Å²) in [5.41, 5.74) is 4.56. The number of benzene rings is 2. The molecule has 1 aromatic heterocycles. The normalized spacial score (nSPS) is 13.5. The van der Waals surface area contributed by atoms with Gasteiger partial charge in [0, 0.05) is 11.1 Å². The Morgan fingerprint density at radius 2 is 1.92 bits per heavy atom. The third-order valence-electron chi connectivity index (χ3n) is 4.10. The second-order valence-corrected chi connectivity index (χ2v) is 6.67. The average Bonchev–Trinajstić information content (AvgIpc) is 3.18. The van der Waals surface area contributed by atoms with Crippen molar-refractivity contribution in [3.63, 3.8) is 0 Å². The van der Waals surface area contributed by atoms with Gasteiger partial charge in [-0.3, -0.25) is 0 Å². The second-order valence-electron chi connectivity index (χ2n) is 5.83. The lowest BCUT2D eigenvalue weighted by molar-refractivity contribution is 0.174. The summed E-state index contributed by atoms with van der Waals surface area (Å²) in [6, 6.07) is 14.3. The van der Waals surface area contributed by atoms with Gasteiger partial charge in [-0.25, -0.2) is 4.99 Å². The van der Waals surface area contributed by atoms with E-state index >= 15 is 0 Å². The number of hydrogen-bond donors (Lipinski definition) is 0. The van der Waals surface area contributed by atoms with Gasteiger partial charge in [0.2, 0.25) is 6.79 Å². The molecule has 5 heteroatoms. The average molecular weight is 338 g/mol. The highest BCUT2D eigenvalue weighted by Crippen LogP contribution is 2.32. The lowest BCUT2D eigenvalue weighted by Gasteiger charge is -2.07. The highest BCUT2D eigenvalue weighted by atomic mass is 32.1. The molecule has 0 bridgehead atoms. The van der Waals surface area contributed by atoms with E-state index in [1.165, 1.54) is 16.8 Å². The van der Waals surface area contributed by atoms with E-state index in [4.69, 9.17) is 14.5 Å². The molecule has 1 aliphatic rings. The molecule has 0 unspecified atom stereocenters. The Kier molecular flexibility index (Phi) is 3.86. The summed E-state index contributed by atoms with van der Waals surface area (Å²) in [5, 5.41) is 2.14. The van der Waals surface area contributed by atoms with Crippen LogP contribution in [0.4, 0.5) is 5.69 Å². The number of para-hydroxylation sites is 1. The largest absolute Gasteiger partial charge is 0.454 e. The van der Waals surface area contributed by atoms with E-state index in [1.807, 2.05) is 24.3 Å². The van der Waals surface area contributed by atoms with Crippen LogP contribution in [0.1, 0.15) is 16.8 Å². The molecule has 0 aliphatic carbocycles. The second kappa shape index (κ2) is 6.17. The van der Waals surface area contributed by atoms with E-state index in [0.29, 0.717) is 6.79 Å². The summed E-state index contributed by atoms with van der Waals surface area (Å²) >= 11 is 1.66. The van der Waals surface area contributed by atoms with E-state index in [-0.39, 0.29) is 0 Å². The summed E-state index contributed by atoms with van der Waals surface area (Å²) in [4.78, 5) is 5.86. The third-order valence-corrected chi connectivity index (χ3v) is 5.08.